The van der Waals surface area contributed by atoms with Crippen molar-refractivity contribution < 1.29 is 0 Å². The number of rotatable bonds is 4. The normalized spacial score (nSPS) is 11.3. The summed E-state index contributed by atoms with van der Waals surface area (Å²) in [6.07, 6.45) is 0. The Hall–Kier alpha value is -6.67. The van der Waals surface area contributed by atoms with E-state index in [2.05, 4.69) is 65.2 Å². The molecule has 0 amide bonds. The molecule has 0 spiro atoms. The van der Waals surface area contributed by atoms with E-state index in [1.54, 1.807) is 11.3 Å². The summed E-state index contributed by atoms with van der Waals surface area (Å²) in [6, 6.07) is 48.9. The second-order valence-electron chi connectivity index (χ2n) is 11.4. The van der Waals surface area contributed by atoms with E-state index in [-0.39, 0.29) is 11.1 Å². The van der Waals surface area contributed by atoms with Gasteiger partial charge in [0.15, 0.2) is 17.5 Å². The Bertz CT molecular complexity index is 2740. The Morgan fingerprint density at radius 1 is 0.479 bits per heavy atom. The van der Waals surface area contributed by atoms with Crippen molar-refractivity contribution in [2.45, 2.75) is 0 Å². The van der Waals surface area contributed by atoms with E-state index in [1.807, 2.05) is 84.9 Å². The highest BCUT2D eigenvalue weighted by Crippen LogP contribution is 2.44. The summed E-state index contributed by atoms with van der Waals surface area (Å²) < 4.78 is 4.55. The van der Waals surface area contributed by atoms with Crippen molar-refractivity contribution in [3.8, 4) is 52.0 Å². The molecule has 3 heterocycles. The van der Waals surface area contributed by atoms with Gasteiger partial charge in [0.2, 0.25) is 0 Å². The highest BCUT2D eigenvalue weighted by molar-refractivity contribution is 7.26. The number of nitrogens with zero attached hydrogens (tertiary/aromatic N) is 6. The lowest BCUT2D eigenvalue weighted by molar-refractivity contribution is 1.07. The first-order valence-corrected chi connectivity index (χ1v) is 16.2. The highest BCUT2D eigenvalue weighted by Gasteiger charge is 2.23. The molecule has 9 rings (SSSR count). The lowest BCUT2D eigenvalue weighted by atomic mass is 9.99. The first-order chi connectivity index (χ1) is 23.7. The van der Waals surface area contributed by atoms with Gasteiger partial charge < -0.3 is 4.57 Å². The Kier molecular flexibility index (Phi) is 6.33. The Balaban J connectivity index is 1.32. The third-order valence-electron chi connectivity index (χ3n) is 8.76. The average Bonchev–Trinajstić information content (AvgIpc) is 3.70. The van der Waals surface area contributed by atoms with Crippen LogP contribution in [-0.4, -0.2) is 19.5 Å². The second-order valence-corrected chi connectivity index (χ2v) is 12.5. The van der Waals surface area contributed by atoms with Gasteiger partial charge in [-0.1, -0.05) is 97.1 Å². The van der Waals surface area contributed by atoms with E-state index in [0.717, 1.165) is 32.9 Å². The summed E-state index contributed by atoms with van der Waals surface area (Å²) in [5.41, 5.74) is 5.16. The maximum atomic E-state index is 10.7. The first-order valence-electron chi connectivity index (χ1n) is 15.4. The summed E-state index contributed by atoms with van der Waals surface area (Å²) in [4.78, 5) is 14.5. The number of para-hydroxylation sites is 1. The standard InChI is InChI=1S/C41H22N6S/c42-23-30-27(41-45-39(25-11-3-1-4-12-25)44-40(46-41)26-13-5-2-6-14-26)19-20-33(31(30)24-43)47-32-17-9-7-15-28(32)37-34(47)21-22-36-38(37)29-16-8-10-18-35(29)48-36/h1-22H. The summed E-state index contributed by atoms with van der Waals surface area (Å²) >= 11 is 1.78. The maximum Gasteiger partial charge on any atom is 0.165 e. The van der Waals surface area contributed by atoms with Crippen LogP contribution in [0.25, 0.3) is 81.8 Å². The molecule has 0 radical (unpaired) electrons. The molecule has 0 bridgehead atoms. The number of aromatic nitrogens is 4. The van der Waals surface area contributed by atoms with Gasteiger partial charge in [-0.2, -0.15) is 10.5 Å². The van der Waals surface area contributed by atoms with Crippen LogP contribution >= 0.6 is 11.3 Å². The molecule has 0 fully saturated rings. The van der Waals surface area contributed by atoms with Crippen molar-refractivity contribution in [2.75, 3.05) is 0 Å². The summed E-state index contributed by atoms with van der Waals surface area (Å²) in [6.45, 7) is 0. The van der Waals surface area contributed by atoms with Gasteiger partial charge in [0.1, 0.15) is 12.1 Å². The molecule has 0 aliphatic rings. The maximum absolute atomic E-state index is 10.7. The molecule has 6 aromatic carbocycles. The molecular formula is C41H22N6S. The van der Waals surface area contributed by atoms with Crippen molar-refractivity contribution in [1.29, 1.82) is 10.5 Å². The van der Waals surface area contributed by atoms with E-state index in [4.69, 9.17) is 15.0 Å². The Morgan fingerprint density at radius 3 is 1.77 bits per heavy atom. The average molecular weight is 631 g/mol. The molecule has 222 valence electrons. The van der Waals surface area contributed by atoms with E-state index in [9.17, 15) is 10.5 Å². The van der Waals surface area contributed by atoms with E-state index in [1.165, 1.54) is 20.2 Å². The lowest BCUT2D eigenvalue weighted by Crippen LogP contribution is -2.05. The molecular weight excluding hydrogens is 609 g/mol. The van der Waals surface area contributed by atoms with Gasteiger partial charge >= 0.3 is 0 Å². The van der Waals surface area contributed by atoms with Crippen LogP contribution in [0.15, 0.2) is 133 Å². The van der Waals surface area contributed by atoms with Gasteiger partial charge in [0.05, 0.1) is 27.8 Å². The van der Waals surface area contributed by atoms with Gasteiger partial charge in [0.25, 0.3) is 0 Å². The number of thiophene rings is 1. The largest absolute Gasteiger partial charge is 0.308 e. The van der Waals surface area contributed by atoms with E-state index < -0.39 is 0 Å². The molecule has 9 aromatic rings. The molecule has 7 heteroatoms. The minimum Gasteiger partial charge on any atom is -0.308 e. The van der Waals surface area contributed by atoms with Crippen molar-refractivity contribution >= 4 is 53.3 Å². The fourth-order valence-corrected chi connectivity index (χ4v) is 7.77. The lowest BCUT2D eigenvalue weighted by Gasteiger charge is -2.14. The van der Waals surface area contributed by atoms with Crippen molar-refractivity contribution in [2.24, 2.45) is 0 Å². The van der Waals surface area contributed by atoms with Crippen LogP contribution in [0, 0.1) is 22.7 Å². The monoisotopic (exact) mass is 630 g/mol. The number of hydrogen-bond donors (Lipinski definition) is 0. The van der Waals surface area contributed by atoms with Crippen LogP contribution < -0.4 is 0 Å². The molecule has 0 aliphatic carbocycles. The SMILES string of the molecule is N#Cc1c(-c2nc(-c3ccccc3)nc(-c3ccccc3)n2)ccc(-n2c3ccccc3c3c4c(ccc32)sc2ccccc24)c1C#N. The molecule has 0 saturated carbocycles. The number of hydrogen-bond acceptors (Lipinski definition) is 6. The van der Waals surface area contributed by atoms with Crippen LogP contribution in [0.3, 0.4) is 0 Å². The molecule has 0 saturated heterocycles. The zero-order valence-electron chi connectivity index (χ0n) is 25.3. The highest BCUT2D eigenvalue weighted by atomic mass is 32.1. The zero-order chi connectivity index (χ0) is 32.2. The molecule has 0 unspecified atom stereocenters. The topological polar surface area (TPSA) is 91.2 Å². The van der Waals surface area contributed by atoms with Crippen LogP contribution in [0.1, 0.15) is 11.1 Å². The minimum absolute atomic E-state index is 0.215. The molecule has 0 aliphatic heterocycles. The van der Waals surface area contributed by atoms with Gasteiger partial charge in [-0.3, -0.25) is 0 Å². The molecule has 48 heavy (non-hydrogen) atoms. The van der Waals surface area contributed by atoms with Crippen LogP contribution in [0.5, 0.6) is 0 Å². The van der Waals surface area contributed by atoms with Crippen molar-refractivity contribution in [3.05, 3.63) is 145 Å². The first kappa shape index (κ1) is 27.6. The van der Waals surface area contributed by atoms with Crippen molar-refractivity contribution in [1.82, 2.24) is 19.5 Å². The Morgan fingerprint density at radius 2 is 1.08 bits per heavy atom. The van der Waals surface area contributed by atoms with Gasteiger partial charge in [0, 0.05) is 47.6 Å². The van der Waals surface area contributed by atoms with Crippen LogP contribution in [-0.2, 0) is 0 Å². The third kappa shape index (κ3) is 4.20. The summed E-state index contributed by atoms with van der Waals surface area (Å²) in [7, 11) is 0. The smallest absolute Gasteiger partial charge is 0.165 e. The number of fused-ring (bicyclic) bond motifs is 7. The van der Waals surface area contributed by atoms with Crippen LogP contribution in [0.2, 0.25) is 0 Å². The van der Waals surface area contributed by atoms with E-state index in [0.29, 0.717) is 28.7 Å². The quantitative estimate of drug-likeness (QED) is 0.193. The third-order valence-corrected chi connectivity index (χ3v) is 9.90. The molecule has 0 N–H and O–H groups in total. The summed E-state index contributed by atoms with van der Waals surface area (Å²) in [5.74, 6) is 1.30. The second kappa shape index (κ2) is 11.0. The van der Waals surface area contributed by atoms with Crippen LogP contribution in [0.4, 0.5) is 0 Å². The van der Waals surface area contributed by atoms with E-state index >= 15 is 0 Å². The fourth-order valence-electron chi connectivity index (χ4n) is 6.66. The number of nitriles is 2. The number of benzene rings is 6. The predicted octanol–water partition coefficient (Wildman–Crippen LogP) is 10.1. The molecule has 0 atom stereocenters. The zero-order valence-corrected chi connectivity index (χ0v) is 26.1. The molecule has 6 nitrogen and oxygen atoms in total. The van der Waals surface area contributed by atoms with Gasteiger partial charge in [-0.25, -0.2) is 15.0 Å². The Labute approximate surface area is 279 Å². The van der Waals surface area contributed by atoms with Crippen molar-refractivity contribution in [3.63, 3.8) is 0 Å². The summed E-state index contributed by atoms with van der Waals surface area (Å²) in [5, 5.41) is 26.0. The van der Waals surface area contributed by atoms with Gasteiger partial charge in [-0.15, -0.1) is 11.3 Å². The predicted molar refractivity (Wildman–Crippen MR) is 193 cm³/mol. The fraction of sp³-hybridized carbons (Fsp3) is 0. The van der Waals surface area contributed by atoms with Gasteiger partial charge in [-0.05, 0) is 36.4 Å². The molecule has 3 aromatic heterocycles. The minimum atomic E-state index is 0.215.